The summed E-state index contributed by atoms with van der Waals surface area (Å²) in [5.41, 5.74) is 0.401. The fraction of sp³-hybridized carbons (Fsp3) is 0.562. The third kappa shape index (κ3) is 55.5. The highest BCUT2D eigenvalue weighted by molar-refractivity contribution is 9.28. The van der Waals surface area contributed by atoms with Crippen LogP contribution in [0.3, 0.4) is 0 Å². The van der Waals surface area contributed by atoms with Crippen molar-refractivity contribution in [2.75, 3.05) is 72.0 Å². The summed E-state index contributed by atoms with van der Waals surface area (Å²) in [6.07, 6.45) is -18.8. The lowest BCUT2D eigenvalue weighted by molar-refractivity contribution is -0.275. The van der Waals surface area contributed by atoms with Gasteiger partial charge < -0.3 is 90.8 Å². The molecular weight excluding hydrogens is 2160 g/mol. The molecule has 0 bridgehead atoms. The van der Waals surface area contributed by atoms with Crippen LogP contribution in [0.2, 0.25) is 0 Å². The Kier molecular flexibility index (Phi) is 61.4. The van der Waals surface area contributed by atoms with Crippen molar-refractivity contribution in [2.24, 2.45) is 0 Å². The van der Waals surface area contributed by atoms with Crippen molar-refractivity contribution in [2.45, 2.75) is 275 Å². The molecule has 2 amide bonds. The average molecular weight is 2300 g/mol. The Hall–Kier alpha value is -7.01. The summed E-state index contributed by atoms with van der Waals surface area (Å²) < 4.78 is 242. The zero-order valence-electron chi connectivity index (χ0n) is 80.5. The Balaban J connectivity index is 0.00000167. The Morgan fingerprint density at radius 3 is 1.02 bits per heavy atom. The molecule has 0 radical (unpaired) electrons. The van der Waals surface area contributed by atoms with Gasteiger partial charge >= 0.3 is 44.1 Å². The van der Waals surface area contributed by atoms with Crippen molar-refractivity contribution in [1.29, 1.82) is 0 Å². The number of alkyl halides is 18. The van der Waals surface area contributed by atoms with Crippen molar-refractivity contribution < 1.29 is 142 Å². The average Bonchev–Trinajstić information content (AvgIpc) is 0.777. The first-order valence-electron chi connectivity index (χ1n) is 45.0. The number of hydrogen-bond acceptors (Lipinski definition) is 20. The topological polar surface area (TPSA) is 278 Å². The van der Waals surface area contributed by atoms with Crippen molar-refractivity contribution in [3.63, 3.8) is 0 Å². The maximum absolute atomic E-state index is 13.6. The first-order valence-corrected chi connectivity index (χ1v) is 46.6. The Morgan fingerprint density at radius 2 is 0.681 bits per heavy atom. The number of carboxylic acids is 1. The number of piperazine rings is 5. The second-order valence-electron chi connectivity index (χ2n) is 35.4. The van der Waals surface area contributed by atoms with Crippen LogP contribution in [-0.4, -0.2) is 236 Å². The molecule has 144 heavy (non-hydrogen) atoms. The van der Waals surface area contributed by atoms with Gasteiger partial charge in [0, 0.05) is 144 Å². The molecule has 13 rings (SSSR count). The molecule has 10 N–H and O–H groups in total. The quantitative estimate of drug-likeness (QED) is 0.0266. The predicted molar refractivity (Wildman–Crippen MR) is 551 cm³/mol. The van der Waals surface area contributed by atoms with Gasteiger partial charge in [0.25, 0.3) is 0 Å². The second kappa shape index (κ2) is 64.5. The number of hydrogen-bond donors (Lipinski definition) is 10. The van der Waals surface area contributed by atoms with Crippen molar-refractivity contribution >= 4 is 129 Å². The van der Waals surface area contributed by atoms with Crippen LogP contribution in [0.1, 0.15) is 191 Å². The number of amides is 2. The van der Waals surface area contributed by atoms with E-state index in [0.29, 0.717) is 127 Å². The van der Waals surface area contributed by atoms with E-state index in [1.807, 2.05) is 33.8 Å². The Bertz CT molecular complexity index is 4690. The van der Waals surface area contributed by atoms with Gasteiger partial charge in [-0.25, -0.2) is 0 Å². The smallest absolute Gasteiger partial charge is 0.481 e. The highest BCUT2D eigenvalue weighted by atomic mass is 79.9. The fourth-order valence-corrected chi connectivity index (χ4v) is 17.8. The SMILES string of the molecule is C.C[C@@H]1CN(C(=O)C(c2cccc(OC(F)(F)F)c2)C2(O)CCCCC2)C[C@H](C)N1.C[C@@H]1CN(C(=O)Cc2cccc(OC(F)(F)F)c2)C[C@H](C)N1.C[C@@H]1CN(CC(c2cccc(OC(F)(F)F)c2)C2(O)CCCCC2)C[C@H](C)N1.C[C@@H]1CNC[C@H](C)N1.C[C@@H]1CNC[C@H](C)N1.FC(F)(F)Oc1cccc(C=C(Br)Br)c1.O=C(O)Cc1cccc(OC(F)(F)F)c1.O=Cc1cccc(OC(F)(F)F)c1.S.S.S.S.S. The minimum atomic E-state index is -4.82. The summed E-state index contributed by atoms with van der Waals surface area (Å²) in [6.45, 7) is 30.0. The molecule has 2 unspecified atom stereocenters. The van der Waals surface area contributed by atoms with Gasteiger partial charge in [-0.05, 0) is 233 Å². The number of nitrogens with zero attached hydrogens (tertiary/aromatic N) is 3. The summed E-state index contributed by atoms with van der Waals surface area (Å²) in [5, 5.41) is 55.0. The number of carbonyl (C=O) groups excluding carboxylic acids is 3. The van der Waals surface area contributed by atoms with Gasteiger partial charge in [0.05, 0.1) is 33.4 Å². The molecule has 23 nitrogen and oxygen atoms in total. The Labute approximate surface area is 881 Å². The van der Waals surface area contributed by atoms with E-state index in [0.717, 1.165) is 102 Å². The molecule has 5 saturated heterocycles. The number of nitrogens with one attached hydrogen (secondary N) is 7. The Morgan fingerprint density at radius 1 is 0.389 bits per heavy atom. The van der Waals surface area contributed by atoms with Gasteiger partial charge in [0.1, 0.15) is 40.8 Å². The number of carboxylic acid groups (broad SMARTS) is 1. The second-order valence-corrected chi connectivity index (χ2v) is 38.2. The molecule has 7 aliphatic rings. The molecule has 0 aromatic heterocycles. The molecule has 6 aromatic rings. The summed E-state index contributed by atoms with van der Waals surface area (Å²) in [6, 6.07) is 36.4. The van der Waals surface area contributed by atoms with Crippen LogP contribution in [0.25, 0.3) is 6.08 Å². The number of aliphatic carboxylic acids is 1. The van der Waals surface area contributed by atoms with E-state index in [-0.39, 0.29) is 164 Å². The van der Waals surface area contributed by atoms with Crippen molar-refractivity contribution in [3.05, 3.63) is 182 Å². The largest absolute Gasteiger partial charge is 0.573 e. The molecular formula is C96H138Br2F18N10O13S5. The maximum atomic E-state index is 13.6. The van der Waals surface area contributed by atoms with Crippen LogP contribution in [-0.2, 0) is 27.2 Å². The zero-order chi connectivity index (χ0) is 103. The summed E-state index contributed by atoms with van der Waals surface area (Å²) in [5.74, 6) is -4.57. The van der Waals surface area contributed by atoms with E-state index < -0.39 is 72.8 Å². The molecule has 12 atom stereocenters. The molecule has 48 heteroatoms. The number of ether oxygens (including phenoxy) is 6. The van der Waals surface area contributed by atoms with Gasteiger partial charge in [-0.15, -0.1) is 79.0 Å². The van der Waals surface area contributed by atoms with Gasteiger partial charge in [-0.3, -0.25) is 24.1 Å². The van der Waals surface area contributed by atoms with E-state index in [1.165, 1.54) is 91.0 Å². The minimum absolute atomic E-state index is 0. The number of carbonyl (C=O) groups is 4. The molecule has 820 valence electrons. The molecule has 6 aromatic carbocycles. The first kappa shape index (κ1) is 137. The van der Waals surface area contributed by atoms with E-state index >= 15 is 0 Å². The first-order chi connectivity index (χ1) is 64.3. The standard InChI is InChI=1S/C21H29F3N2O3.C21H31F3N2O2.C15H19F3N2O2.C9H5Br2F3O.C9H7F3O3.C8H5F3O2.2C6H14N2.CH4.5H2S/c1-14-12-26(13-15(2)25-14)19(27)18(20(28)9-4-3-5-10-20)16-7-6-8-17(11-16)29-21(22,23)24;1-15-12-26(13-16(2)25-15)14-19(20(27)9-4-3-5-10-20)17-7-6-8-18(11-17)28-21(22,23)24;1-10-8-20(9-11(2)19-10)14(21)7-12-4-3-5-13(6-12)22-15(16,17)18;10-8(11)5-6-2-1-3-7(4-6)15-9(12,13)14;10-9(11,12)15-7-3-1-2-6(4-7)5-8(13)14;9-8(10,11)13-7-3-1-2-6(4-7)5-12;2*1-5-3-7-4-6(2)8-5;;;;;;/h6-8,11,14-15,18,25,28H,3-5,9-10,12-13H2,1-2H3;6-8,11,15-16,19,25,27H,3-5,9-10,12-14H2,1-2H3;3-6,10-11,19H,7-9H2,1-2H3;1-5H;1-4H,5H2,(H,13,14);1-5H;2*5-8H,3-4H2,1-2H3;1H4;5*1H2/t14-,15+,18?;15-,16+,19?;10-,11+;;;;2*5-,6+;;;;;;. The fourth-order valence-electron chi connectivity index (χ4n) is 17.2. The summed E-state index contributed by atoms with van der Waals surface area (Å²) in [4.78, 5) is 52.1. The van der Waals surface area contributed by atoms with Gasteiger partial charge in [0.15, 0.2) is 0 Å². The van der Waals surface area contributed by atoms with E-state index in [2.05, 4.69) is 144 Å². The van der Waals surface area contributed by atoms with Crippen molar-refractivity contribution in [1.82, 2.24) is 51.9 Å². The highest BCUT2D eigenvalue weighted by Gasteiger charge is 2.47. The lowest BCUT2D eigenvalue weighted by Crippen LogP contribution is -2.58. The van der Waals surface area contributed by atoms with Gasteiger partial charge in [-0.2, -0.15) is 67.5 Å². The summed E-state index contributed by atoms with van der Waals surface area (Å²) >= 11 is 6.22. The number of aliphatic hydroxyl groups is 2. The molecule has 2 aliphatic carbocycles. The zero-order valence-corrected chi connectivity index (χ0v) is 88.7. The molecule has 5 aliphatic heterocycles. The lowest BCUT2D eigenvalue weighted by Gasteiger charge is -2.44. The van der Waals surface area contributed by atoms with E-state index in [9.17, 15) is 108 Å². The third-order valence-corrected chi connectivity index (χ3v) is 22.6. The van der Waals surface area contributed by atoms with Crippen LogP contribution in [0, 0.1) is 0 Å². The lowest BCUT2D eigenvalue weighted by atomic mass is 9.72. The van der Waals surface area contributed by atoms with E-state index in [4.69, 9.17) is 5.11 Å². The van der Waals surface area contributed by atoms with Crippen molar-refractivity contribution in [3.8, 4) is 34.5 Å². The number of rotatable bonds is 19. The van der Waals surface area contributed by atoms with Crippen LogP contribution in [0.5, 0.6) is 34.5 Å². The van der Waals surface area contributed by atoms with Crippen LogP contribution in [0.15, 0.2) is 149 Å². The number of aldehydes is 1. The van der Waals surface area contributed by atoms with Crippen LogP contribution >= 0.6 is 99.3 Å². The number of halogens is 20. The number of benzene rings is 6. The predicted octanol–water partition coefficient (Wildman–Crippen LogP) is 20.4. The normalized spacial score (nSPS) is 21.7. The molecule has 5 heterocycles. The van der Waals surface area contributed by atoms with Crippen LogP contribution < -0.4 is 65.6 Å². The minimum Gasteiger partial charge on any atom is -0.481 e. The summed E-state index contributed by atoms with van der Waals surface area (Å²) in [7, 11) is 0. The molecule has 0 spiro atoms. The third-order valence-electron chi connectivity index (χ3n) is 22.2. The van der Waals surface area contributed by atoms with Gasteiger partial charge in [-0.1, -0.05) is 119 Å². The highest BCUT2D eigenvalue weighted by Crippen LogP contribution is 2.45. The molecule has 7 fully saturated rings. The van der Waals surface area contributed by atoms with Gasteiger partial charge in [0.2, 0.25) is 11.8 Å². The van der Waals surface area contributed by atoms with Crippen LogP contribution in [0.4, 0.5) is 79.0 Å². The van der Waals surface area contributed by atoms with E-state index in [1.54, 1.807) is 40.1 Å². The monoisotopic (exact) mass is 2300 g/mol. The molecule has 2 saturated carbocycles. The maximum Gasteiger partial charge on any atom is 0.573 e.